The lowest BCUT2D eigenvalue weighted by atomic mass is 10.8. The van der Waals surface area contributed by atoms with Crippen molar-refractivity contribution in [1.82, 2.24) is 15.2 Å². The average molecular weight is 280 g/mol. The molecular weight excluding hydrogens is 274 g/mol. The molecular formula is C7H6ClN3OS3. The Labute approximate surface area is 104 Å². The maximum absolute atomic E-state index is 5.77. The summed E-state index contributed by atoms with van der Waals surface area (Å²) in [4.78, 5) is 4.12. The third kappa shape index (κ3) is 3.12. The van der Waals surface area contributed by atoms with Crippen molar-refractivity contribution >= 4 is 46.0 Å². The first-order valence-electron chi connectivity index (χ1n) is 3.88. The second-order valence-corrected chi connectivity index (χ2v) is 6.65. The molecule has 4 nitrogen and oxygen atoms in total. The Hall–Kier alpha value is -0.210. The van der Waals surface area contributed by atoms with E-state index in [9.17, 15) is 0 Å². The normalized spacial score (nSPS) is 10.8. The summed E-state index contributed by atoms with van der Waals surface area (Å²) >= 11 is 10.2. The third-order valence-corrected chi connectivity index (χ3v) is 4.48. The van der Waals surface area contributed by atoms with E-state index in [0.29, 0.717) is 10.9 Å². The molecule has 0 fully saturated rings. The van der Waals surface area contributed by atoms with Gasteiger partial charge in [-0.15, -0.1) is 10.2 Å². The Kier molecular flexibility index (Phi) is 3.92. The first-order valence-corrected chi connectivity index (χ1v) is 6.71. The lowest BCUT2D eigenvalue weighted by molar-refractivity contribution is 0.184. The highest BCUT2D eigenvalue weighted by Gasteiger charge is 2.08. The van der Waals surface area contributed by atoms with Gasteiger partial charge in [0.2, 0.25) is 0 Å². The van der Waals surface area contributed by atoms with Crippen LogP contribution in [0.4, 0.5) is 0 Å². The maximum atomic E-state index is 5.77. The van der Waals surface area contributed by atoms with Gasteiger partial charge < -0.3 is 4.74 Å². The fourth-order valence-electron chi connectivity index (χ4n) is 0.823. The second kappa shape index (κ2) is 5.22. The van der Waals surface area contributed by atoms with E-state index in [4.69, 9.17) is 16.3 Å². The van der Waals surface area contributed by atoms with Crippen molar-refractivity contribution in [3.8, 4) is 0 Å². The van der Waals surface area contributed by atoms with Crippen LogP contribution in [0.3, 0.4) is 0 Å². The van der Waals surface area contributed by atoms with E-state index in [2.05, 4.69) is 15.2 Å². The van der Waals surface area contributed by atoms with Crippen molar-refractivity contribution in [2.45, 2.75) is 15.3 Å². The fraction of sp³-hybridized carbons (Fsp3) is 0.286. The van der Waals surface area contributed by atoms with Crippen LogP contribution >= 0.6 is 46.0 Å². The molecule has 2 aromatic heterocycles. The molecule has 2 heterocycles. The molecule has 0 spiro atoms. The summed E-state index contributed by atoms with van der Waals surface area (Å²) in [6.45, 7) is 0.497. The van der Waals surface area contributed by atoms with Crippen LogP contribution in [-0.4, -0.2) is 22.3 Å². The van der Waals surface area contributed by atoms with Gasteiger partial charge in [-0.1, -0.05) is 34.3 Å². The molecule has 2 rings (SSSR count). The fourth-order valence-corrected chi connectivity index (χ4v) is 4.01. The van der Waals surface area contributed by atoms with Gasteiger partial charge in [-0.2, -0.15) is 0 Å². The minimum absolute atomic E-state index is 0.497. The molecule has 0 radical (unpaired) electrons. The van der Waals surface area contributed by atoms with Crippen LogP contribution in [0.5, 0.6) is 0 Å². The summed E-state index contributed by atoms with van der Waals surface area (Å²) in [6.07, 6.45) is 1.63. The zero-order chi connectivity index (χ0) is 10.7. The zero-order valence-corrected chi connectivity index (χ0v) is 10.8. The number of rotatable bonds is 4. The Balaban J connectivity index is 2.04. The van der Waals surface area contributed by atoms with Crippen LogP contribution in [0.25, 0.3) is 0 Å². The number of halogens is 1. The van der Waals surface area contributed by atoms with Gasteiger partial charge in [0, 0.05) is 7.11 Å². The molecule has 0 N–H and O–H groups in total. The van der Waals surface area contributed by atoms with Crippen molar-refractivity contribution in [2.75, 3.05) is 7.11 Å². The van der Waals surface area contributed by atoms with Gasteiger partial charge in [-0.3, -0.25) is 0 Å². The van der Waals surface area contributed by atoms with Gasteiger partial charge in [0.15, 0.2) is 8.68 Å². The Morgan fingerprint density at radius 3 is 2.93 bits per heavy atom. The van der Waals surface area contributed by atoms with E-state index in [1.54, 1.807) is 13.3 Å². The van der Waals surface area contributed by atoms with Crippen LogP contribution in [-0.2, 0) is 11.3 Å². The Morgan fingerprint density at radius 1 is 1.40 bits per heavy atom. The van der Waals surface area contributed by atoms with Gasteiger partial charge in [0.05, 0.1) is 12.8 Å². The van der Waals surface area contributed by atoms with Crippen LogP contribution in [0.1, 0.15) is 5.01 Å². The molecule has 0 aliphatic heterocycles. The highest BCUT2D eigenvalue weighted by atomic mass is 35.5. The minimum Gasteiger partial charge on any atom is -0.377 e. The minimum atomic E-state index is 0.497. The maximum Gasteiger partial charge on any atom is 0.181 e. The molecule has 0 atom stereocenters. The number of hydrogen-bond acceptors (Lipinski definition) is 7. The van der Waals surface area contributed by atoms with E-state index < -0.39 is 0 Å². The highest BCUT2D eigenvalue weighted by Crippen LogP contribution is 2.34. The van der Waals surface area contributed by atoms with Crippen molar-refractivity contribution in [3.05, 3.63) is 15.5 Å². The first-order chi connectivity index (χ1) is 7.28. The van der Waals surface area contributed by atoms with Crippen molar-refractivity contribution < 1.29 is 4.74 Å². The molecule has 80 valence electrons. The zero-order valence-electron chi connectivity index (χ0n) is 7.64. The topological polar surface area (TPSA) is 47.9 Å². The molecule has 0 saturated carbocycles. The van der Waals surface area contributed by atoms with E-state index >= 15 is 0 Å². The predicted molar refractivity (Wildman–Crippen MR) is 61.9 cm³/mol. The number of ether oxygens (including phenoxy) is 1. The van der Waals surface area contributed by atoms with Crippen molar-refractivity contribution in [1.29, 1.82) is 0 Å². The van der Waals surface area contributed by atoms with E-state index in [1.165, 1.54) is 34.4 Å². The van der Waals surface area contributed by atoms with Crippen molar-refractivity contribution in [3.63, 3.8) is 0 Å². The molecule has 2 aromatic rings. The lowest BCUT2D eigenvalue weighted by Crippen LogP contribution is -1.84. The monoisotopic (exact) mass is 279 g/mol. The number of aromatic nitrogens is 3. The second-order valence-electron chi connectivity index (χ2n) is 2.43. The Bertz CT molecular complexity index is 444. The number of methoxy groups -OCH3 is 1. The molecule has 15 heavy (non-hydrogen) atoms. The van der Waals surface area contributed by atoms with Gasteiger partial charge >= 0.3 is 0 Å². The van der Waals surface area contributed by atoms with Crippen LogP contribution in [0.2, 0.25) is 4.34 Å². The average Bonchev–Trinajstić information content (AvgIpc) is 2.78. The third-order valence-electron chi connectivity index (χ3n) is 1.35. The summed E-state index contributed by atoms with van der Waals surface area (Å²) in [5.74, 6) is 0. The van der Waals surface area contributed by atoms with E-state index in [0.717, 1.165) is 13.7 Å². The SMILES string of the molecule is COCc1nnc(Sc2ncc(Cl)s2)s1. The quantitative estimate of drug-likeness (QED) is 0.861. The summed E-state index contributed by atoms with van der Waals surface area (Å²) in [7, 11) is 1.63. The molecule has 0 aromatic carbocycles. The number of hydrogen-bond donors (Lipinski definition) is 0. The van der Waals surface area contributed by atoms with E-state index in [-0.39, 0.29) is 0 Å². The largest absolute Gasteiger partial charge is 0.377 e. The first kappa shape index (κ1) is 11.3. The van der Waals surface area contributed by atoms with Gasteiger partial charge in [0.1, 0.15) is 9.34 Å². The lowest BCUT2D eigenvalue weighted by Gasteiger charge is -1.88. The van der Waals surface area contributed by atoms with E-state index in [1.807, 2.05) is 0 Å². The summed E-state index contributed by atoms with van der Waals surface area (Å²) < 4.78 is 7.37. The van der Waals surface area contributed by atoms with Crippen LogP contribution in [0, 0.1) is 0 Å². The smallest absolute Gasteiger partial charge is 0.181 e. The predicted octanol–water partition coefficient (Wildman–Crippen LogP) is 2.95. The molecule has 0 aliphatic rings. The van der Waals surface area contributed by atoms with Gasteiger partial charge in [-0.25, -0.2) is 4.98 Å². The van der Waals surface area contributed by atoms with Crippen molar-refractivity contribution in [2.24, 2.45) is 0 Å². The van der Waals surface area contributed by atoms with Gasteiger partial charge in [0.25, 0.3) is 0 Å². The Morgan fingerprint density at radius 2 is 2.27 bits per heavy atom. The van der Waals surface area contributed by atoms with Gasteiger partial charge in [-0.05, 0) is 11.8 Å². The standard InChI is InChI=1S/C7H6ClN3OS3/c1-12-3-5-10-11-7(14-5)15-6-9-2-4(8)13-6/h2H,3H2,1H3. The van der Waals surface area contributed by atoms with Crippen LogP contribution < -0.4 is 0 Å². The molecule has 0 unspecified atom stereocenters. The summed E-state index contributed by atoms with van der Waals surface area (Å²) in [5, 5.41) is 8.85. The number of thiazole rings is 1. The molecule has 0 bridgehead atoms. The molecule has 0 aliphatic carbocycles. The number of nitrogens with zero attached hydrogens (tertiary/aromatic N) is 3. The summed E-state index contributed by atoms with van der Waals surface area (Å²) in [6, 6.07) is 0. The highest BCUT2D eigenvalue weighted by molar-refractivity contribution is 8.02. The van der Waals surface area contributed by atoms with Crippen LogP contribution in [0.15, 0.2) is 14.9 Å². The molecule has 8 heteroatoms. The molecule has 0 saturated heterocycles. The molecule has 0 amide bonds. The summed E-state index contributed by atoms with van der Waals surface area (Å²) in [5.41, 5.74) is 0.